The molecule has 0 N–H and O–H groups in total. The molecule has 1 saturated heterocycles. The van der Waals surface area contributed by atoms with Crippen molar-refractivity contribution < 1.29 is 17.9 Å². The first-order chi connectivity index (χ1) is 14.8. The van der Waals surface area contributed by atoms with E-state index < -0.39 is 11.9 Å². The Kier molecular flexibility index (Phi) is 4.47. The lowest BCUT2D eigenvalue weighted by atomic mass is 10.1. The summed E-state index contributed by atoms with van der Waals surface area (Å²) in [6, 6.07) is 9.58. The molecule has 4 aromatic rings. The van der Waals surface area contributed by atoms with Crippen LogP contribution in [0.2, 0.25) is 0 Å². The molecule has 0 bridgehead atoms. The number of benzene rings is 1. The van der Waals surface area contributed by atoms with Crippen molar-refractivity contribution in [3.05, 3.63) is 58.6 Å². The minimum Gasteiger partial charge on any atom is -0.378 e. The topological polar surface area (TPSA) is 64.7 Å². The number of nitrogens with zero attached hydrogens (tertiary/aromatic N) is 5. The van der Waals surface area contributed by atoms with Gasteiger partial charge in [-0.1, -0.05) is 0 Å². The summed E-state index contributed by atoms with van der Waals surface area (Å²) >= 11 is 0. The number of fused-ring (bicyclic) bond motifs is 3. The van der Waals surface area contributed by atoms with Gasteiger partial charge in [0.15, 0.2) is 0 Å². The van der Waals surface area contributed by atoms with Gasteiger partial charge in [0.25, 0.3) is 5.56 Å². The summed E-state index contributed by atoms with van der Waals surface area (Å²) in [5.41, 5.74) is 1.42. The highest BCUT2D eigenvalue weighted by atomic mass is 19.4. The smallest absolute Gasteiger partial charge is 0.378 e. The summed E-state index contributed by atoms with van der Waals surface area (Å²) in [4.78, 5) is 18.5. The average molecular weight is 429 g/mol. The third-order valence-electron chi connectivity index (χ3n) is 5.50. The van der Waals surface area contributed by atoms with Gasteiger partial charge in [-0.3, -0.25) is 14.3 Å². The lowest BCUT2D eigenvalue weighted by Crippen LogP contribution is -2.36. The third kappa shape index (κ3) is 3.32. The van der Waals surface area contributed by atoms with Crippen LogP contribution in [0.5, 0.6) is 0 Å². The minimum atomic E-state index is -4.55. The normalized spacial score (nSPS) is 15.2. The molecule has 1 aromatic carbocycles. The van der Waals surface area contributed by atoms with E-state index in [0.717, 1.165) is 31.0 Å². The first kappa shape index (κ1) is 19.6. The Hall–Kier alpha value is -3.40. The predicted octanol–water partition coefficient (Wildman–Crippen LogP) is 3.10. The monoisotopic (exact) mass is 429 g/mol. The highest BCUT2D eigenvalue weighted by molar-refractivity contribution is 5.85. The van der Waals surface area contributed by atoms with E-state index in [2.05, 4.69) is 15.0 Å². The fourth-order valence-corrected chi connectivity index (χ4v) is 3.85. The summed E-state index contributed by atoms with van der Waals surface area (Å²) < 4.78 is 47.7. The molecule has 1 fully saturated rings. The van der Waals surface area contributed by atoms with Crippen molar-refractivity contribution in [1.29, 1.82) is 0 Å². The van der Waals surface area contributed by atoms with Gasteiger partial charge in [-0.2, -0.15) is 18.3 Å². The second-order valence-corrected chi connectivity index (χ2v) is 7.39. The standard InChI is InChI=1S/C21H18F3N5O2/c1-27-19-12-16(13-4-5-25-18(10-13)21(22,23)24)26-29(19)17-11-14(2-3-15(17)20(27)30)28-6-8-31-9-7-28/h2-5,10-12H,6-9H2,1H3. The Morgan fingerprint density at radius 3 is 2.58 bits per heavy atom. The zero-order valence-corrected chi connectivity index (χ0v) is 16.6. The third-order valence-corrected chi connectivity index (χ3v) is 5.50. The van der Waals surface area contributed by atoms with E-state index in [1.54, 1.807) is 23.7 Å². The first-order valence-electron chi connectivity index (χ1n) is 9.72. The summed E-state index contributed by atoms with van der Waals surface area (Å²) in [6.07, 6.45) is -3.45. The Morgan fingerprint density at radius 2 is 1.84 bits per heavy atom. The van der Waals surface area contributed by atoms with Gasteiger partial charge in [0.2, 0.25) is 0 Å². The number of aryl methyl sites for hydroxylation is 1. The molecule has 160 valence electrons. The quantitative estimate of drug-likeness (QED) is 0.490. The largest absolute Gasteiger partial charge is 0.433 e. The minimum absolute atomic E-state index is 0.201. The number of aromatic nitrogens is 4. The molecule has 0 saturated carbocycles. The zero-order chi connectivity index (χ0) is 21.8. The number of morpholine rings is 1. The van der Waals surface area contributed by atoms with Crippen LogP contribution >= 0.6 is 0 Å². The van der Waals surface area contributed by atoms with Crippen LogP contribution in [0.3, 0.4) is 0 Å². The van der Waals surface area contributed by atoms with E-state index in [1.165, 1.54) is 10.6 Å². The lowest BCUT2D eigenvalue weighted by molar-refractivity contribution is -0.141. The molecule has 1 aliphatic heterocycles. The second kappa shape index (κ2) is 7.09. The van der Waals surface area contributed by atoms with Crippen LogP contribution in [0.15, 0.2) is 47.4 Å². The number of rotatable bonds is 2. The number of hydrogen-bond donors (Lipinski definition) is 0. The van der Waals surface area contributed by atoms with Crippen LogP contribution in [-0.2, 0) is 18.0 Å². The molecule has 0 atom stereocenters. The SMILES string of the molecule is Cn1c(=O)c2ccc(N3CCOCC3)cc2n2nc(-c3ccnc(C(F)(F)F)c3)cc12. The molecular weight excluding hydrogens is 411 g/mol. The first-order valence-corrected chi connectivity index (χ1v) is 9.72. The van der Waals surface area contributed by atoms with E-state index in [4.69, 9.17) is 4.74 Å². The molecule has 31 heavy (non-hydrogen) atoms. The maximum Gasteiger partial charge on any atom is 0.433 e. The zero-order valence-electron chi connectivity index (χ0n) is 16.6. The van der Waals surface area contributed by atoms with Crippen LogP contribution in [0, 0.1) is 0 Å². The van der Waals surface area contributed by atoms with Gasteiger partial charge < -0.3 is 9.64 Å². The number of alkyl halides is 3. The van der Waals surface area contributed by atoms with E-state index in [-0.39, 0.29) is 11.1 Å². The highest BCUT2D eigenvalue weighted by Crippen LogP contribution is 2.31. The summed E-state index contributed by atoms with van der Waals surface area (Å²) in [5, 5.41) is 5.02. The van der Waals surface area contributed by atoms with Crippen molar-refractivity contribution in [2.24, 2.45) is 7.05 Å². The number of halogens is 3. The van der Waals surface area contributed by atoms with Gasteiger partial charge >= 0.3 is 6.18 Å². The molecule has 4 heterocycles. The van der Waals surface area contributed by atoms with Gasteiger partial charge in [-0.15, -0.1) is 0 Å². The van der Waals surface area contributed by atoms with Gasteiger partial charge in [0.1, 0.15) is 11.3 Å². The number of ether oxygens (including phenoxy) is 1. The summed E-state index contributed by atoms with van der Waals surface area (Å²) in [7, 11) is 1.62. The van der Waals surface area contributed by atoms with Gasteiger partial charge in [-0.05, 0) is 30.3 Å². The van der Waals surface area contributed by atoms with Crippen LogP contribution in [0.4, 0.5) is 18.9 Å². The molecule has 0 aliphatic carbocycles. The maximum absolute atomic E-state index is 13.1. The van der Waals surface area contributed by atoms with Crippen molar-refractivity contribution in [2.75, 3.05) is 31.2 Å². The second-order valence-electron chi connectivity index (χ2n) is 7.39. The molecule has 0 spiro atoms. The Labute approximate surface area is 174 Å². The fraction of sp³-hybridized carbons (Fsp3) is 0.286. The van der Waals surface area contributed by atoms with Crippen molar-refractivity contribution >= 4 is 22.2 Å². The molecular formula is C21H18F3N5O2. The molecule has 5 rings (SSSR count). The summed E-state index contributed by atoms with van der Waals surface area (Å²) in [5.74, 6) is 0. The summed E-state index contributed by atoms with van der Waals surface area (Å²) in [6.45, 7) is 2.72. The molecule has 0 unspecified atom stereocenters. The Balaban J connectivity index is 1.71. The van der Waals surface area contributed by atoms with E-state index in [0.29, 0.717) is 35.5 Å². The molecule has 0 radical (unpaired) electrons. The Bertz CT molecular complexity index is 1350. The van der Waals surface area contributed by atoms with Gasteiger partial charge in [0.05, 0.1) is 29.8 Å². The molecule has 0 amide bonds. The van der Waals surface area contributed by atoms with E-state index >= 15 is 0 Å². The number of pyridine rings is 1. The highest BCUT2D eigenvalue weighted by Gasteiger charge is 2.32. The molecule has 7 nitrogen and oxygen atoms in total. The number of anilines is 1. The van der Waals surface area contributed by atoms with Gasteiger partial charge in [-0.25, -0.2) is 4.52 Å². The molecule has 3 aromatic heterocycles. The van der Waals surface area contributed by atoms with Crippen molar-refractivity contribution in [3.8, 4) is 11.3 Å². The van der Waals surface area contributed by atoms with E-state index in [1.807, 2.05) is 12.1 Å². The van der Waals surface area contributed by atoms with Crippen LogP contribution in [0.1, 0.15) is 5.69 Å². The average Bonchev–Trinajstić information content (AvgIpc) is 3.23. The molecule has 10 heteroatoms. The van der Waals surface area contributed by atoms with E-state index in [9.17, 15) is 18.0 Å². The van der Waals surface area contributed by atoms with Gasteiger partial charge in [0, 0.05) is 43.7 Å². The maximum atomic E-state index is 13.1. The lowest BCUT2D eigenvalue weighted by Gasteiger charge is -2.29. The van der Waals surface area contributed by atoms with Crippen molar-refractivity contribution in [1.82, 2.24) is 19.2 Å². The van der Waals surface area contributed by atoms with Crippen LogP contribution < -0.4 is 10.5 Å². The predicted molar refractivity (Wildman–Crippen MR) is 109 cm³/mol. The Morgan fingerprint density at radius 1 is 1.06 bits per heavy atom. The fourth-order valence-electron chi connectivity index (χ4n) is 3.85. The molecule has 1 aliphatic rings. The van der Waals surface area contributed by atoms with Crippen molar-refractivity contribution in [2.45, 2.75) is 6.18 Å². The number of hydrogen-bond acceptors (Lipinski definition) is 5. The van der Waals surface area contributed by atoms with Crippen LogP contribution in [-0.4, -0.2) is 45.5 Å². The van der Waals surface area contributed by atoms with Crippen molar-refractivity contribution in [3.63, 3.8) is 0 Å². The van der Waals surface area contributed by atoms with Crippen LogP contribution in [0.25, 0.3) is 27.8 Å².